The van der Waals surface area contributed by atoms with Crippen molar-refractivity contribution in [1.82, 2.24) is 0 Å². The van der Waals surface area contributed by atoms with Crippen molar-refractivity contribution < 1.29 is 34.4 Å². The van der Waals surface area contributed by atoms with Crippen molar-refractivity contribution >= 4 is 11.9 Å². The first-order valence-electron chi connectivity index (χ1n) is 13.7. The number of ether oxygens (including phenoxy) is 2. The zero-order valence-corrected chi connectivity index (χ0v) is 22.4. The predicted octanol–water partition coefficient (Wildman–Crippen LogP) is 3.76. The van der Waals surface area contributed by atoms with Crippen molar-refractivity contribution in [3.8, 4) is 0 Å². The third-order valence-corrected chi connectivity index (χ3v) is 11.4. The summed E-state index contributed by atoms with van der Waals surface area (Å²) in [6, 6.07) is 0. The fourth-order valence-electron chi connectivity index (χ4n) is 8.81. The van der Waals surface area contributed by atoms with Crippen LogP contribution in [0.3, 0.4) is 0 Å². The molecule has 35 heavy (non-hydrogen) atoms. The summed E-state index contributed by atoms with van der Waals surface area (Å²) in [6.07, 6.45) is 4.16. The molecule has 4 aliphatic carbocycles. The highest BCUT2D eigenvalue weighted by molar-refractivity contribution is 5.72. The SMILES string of the molecule is CC[C@@H](C)C(=O)O[C@@H]1C[C@@H]2[C@@H](CC[C@H]3C[C@@H](O)CC[C@@]32C)[C@@]2(O)CC[C@@](O)([C@@H](C)OC(C)=O)[C@@]12C. The summed E-state index contributed by atoms with van der Waals surface area (Å²) < 4.78 is 11.7. The molecule has 0 aromatic heterocycles. The molecule has 0 aliphatic heterocycles. The maximum Gasteiger partial charge on any atom is 0.308 e. The first kappa shape index (κ1) is 26.9. The summed E-state index contributed by atoms with van der Waals surface area (Å²) in [6.45, 7) is 10.9. The Morgan fingerprint density at radius 3 is 2.31 bits per heavy atom. The first-order chi connectivity index (χ1) is 16.2. The van der Waals surface area contributed by atoms with Crippen molar-refractivity contribution in [2.24, 2.45) is 34.5 Å². The van der Waals surface area contributed by atoms with Crippen LogP contribution >= 0.6 is 0 Å². The topological polar surface area (TPSA) is 113 Å². The lowest BCUT2D eigenvalue weighted by molar-refractivity contribution is -0.291. The molecule has 0 saturated heterocycles. The van der Waals surface area contributed by atoms with E-state index in [0.717, 1.165) is 32.1 Å². The normalized spacial score (nSPS) is 48.7. The minimum Gasteiger partial charge on any atom is -0.461 e. The second-order valence-electron chi connectivity index (χ2n) is 12.7. The largest absolute Gasteiger partial charge is 0.461 e. The number of fused-ring (bicyclic) bond motifs is 5. The summed E-state index contributed by atoms with van der Waals surface area (Å²) >= 11 is 0. The Morgan fingerprint density at radius 1 is 1.00 bits per heavy atom. The molecule has 0 radical (unpaired) electrons. The van der Waals surface area contributed by atoms with Crippen LogP contribution in [0.15, 0.2) is 0 Å². The highest BCUT2D eigenvalue weighted by atomic mass is 16.6. The van der Waals surface area contributed by atoms with E-state index in [-0.39, 0.29) is 41.7 Å². The zero-order chi connectivity index (χ0) is 26.0. The molecule has 4 aliphatic rings. The third-order valence-electron chi connectivity index (χ3n) is 11.4. The van der Waals surface area contributed by atoms with Gasteiger partial charge in [0.25, 0.3) is 0 Å². The van der Waals surface area contributed by atoms with Crippen molar-refractivity contribution in [3.63, 3.8) is 0 Å². The van der Waals surface area contributed by atoms with Crippen molar-refractivity contribution in [2.75, 3.05) is 0 Å². The Labute approximate surface area is 210 Å². The standard InChI is InChI=1S/C28H46O7/c1-7-16(2)24(31)35-23-15-22-21(9-8-19-14-20(30)10-11-25(19,22)5)28(33)13-12-27(32,26(23,28)6)17(3)34-18(4)29/h16-17,19-23,30,32-33H,7-15H2,1-6H3/t16-,17-,19+,20+,21-,22-,23-,25+,26-,27-,28+/m1/s1. The van der Waals surface area contributed by atoms with Gasteiger partial charge in [-0.05, 0) is 87.9 Å². The number of carbonyl (C=O) groups is 2. The molecule has 0 heterocycles. The van der Waals surface area contributed by atoms with Gasteiger partial charge in [-0.25, -0.2) is 0 Å². The van der Waals surface area contributed by atoms with Crippen LogP contribution in [0.25, 0.3) is 0 Å². The smallest absolute Gasteiger partial charge is 0.308 e. The van der Waals surface area contributed by atoms with Crippen LogP contribution in [0.5, 0.6) is 0 Å². The average Bonchev–Trinajstić information content (AvgIpc) is 3.02. The molecule has 200 valence electrons. The summed E-state index contributed by atoms with van der Waals surface area (Å²) in [5.74, 6) is -0.656. The van der Waals surface area contributed by atoms with Gasteiger partial charge in [0.05, 0.1) is 23.0 Å². The molecular weight excluding hydrogens is 448 g/mol. The Bertz CT molecular complexity index is 845. The fraction of sp³-hybridized carbons (Fsp3) is 0.929. The highest BCUT2D eigenvalue weighted by Crippen LogP contribution is 2.71. The third kappa shape index (κ3) is 3.78. The molecule has 7 nitrogen and oxygen atoms in total. The fourth-order valence-corrected chi connectivity index (χ4v) is 8.81. The number of hydrogen-bond acceptors (Lipinski definition) is 7. The molecule has 0 bridgehead atoms. The van der Waals surface area contributed by atoms with Crippen LogP contribution in [0, 0.1) is 34.5 Å². The molecule has 0 aromatic rings. The second kappa shape index (κ2) is 8.98. The van der Waals surface area contributed by atoms with Crippen LogP contribution in [0.4, 0.5) is 0 Å². The van der Waals surface area contributed by atoms with Gasteiger partial charge in [0, 0.05) is 6.92 Å². The van der Waals surface area contributed by atoms with Crippen LogP contribution in [0.1, 0.15) is 99.3 Å². The Morgan fingerprint density at radius 2 is 1.69 bits per heavy atom. The van der Waals surface area contributed by atoms with E-state index in [0.29, 0.717) is 25.2 Å². The quantitative estimate of drug-likeness (QED) is 0.499. The van der Waals surface area contributed by atoms with Gasteiger partial charge in [-0.15, -0.1) is 0 Å². The molecule has 11 atom stereocenters. The Hall–Kier alpha value is -1.18. The van der Waals surface area contributed by atoms with Gasteiger partial charge in [-0.2, -0.15) is 0 Å². The van der Waals surface area contributed by atoms with Crippen LogP contribution in [-0.4, -0.2) is 56.8 Å². The van der Waals surface area contributed by atoms with E-state index < -0.39 is 34.8 Å². The number of aliphatic hydroxyl groups excluding tert-OH is 1. The minimum atomic E-state index is -1.53. The molecule has 4 rings (SSSR count). The van der Waals surface area contributed by atoms with Crippen molar-refractivity contribution in [3.05, 3.63) is 0 Å². The molecule has 3 N–H and O–H groups in total. The number of carbonyl (C=O) groups excluding carboxylic acids is 2. The van der Waals surface area contributed by atoms with E-state index in [1.165, 1.54) is 6.92 Å². The van der Waals surface area contributed by atoms with Crippen molar-refractivity contribution in [1.29, 1.82) is 0 Å². The van der Waals surface area contributed by atoms with Crippen LogP contribution in [0.2, 0.25) is 0 Å². The van der Waals surface area contributed by atoms with E-state index in [2.05, 4.69) is 6.92 Å². The van der Waals surface area contributed by atoms with Gasteiger partial charge in [0.1, 0.15) is 17.8 Å². The van der Waals surface area contributed by atoms with E-state index in [1.54, 1.807) is 6.92 Å². The highest BCUT2D eigenvalue weighted by Gasteiger charge is 2.77. The van der Waals surface area contributed by atoms with Crippen LogP contribution < -0.4 is 0 Å². The lowest BCUT2D eigenvalue weighted by Crippen LogP contribution is -2.72. The number of aliphatic hydroxyl groups is 3. The van der Waals surface area contributed by atoms with Gasteiger partial charge in [0.2, 0.25) is 0 Å². The van der Waals surface area contributed by atoms with Crippen molar-refractivity contribution in [2.45, 2.75) is 129 Å². The van der Waals surface area contributed by atoms with Gasteiger partial charge >= 0.3 is 11.9 Å². The number of esters is 2. The molecular formula is C28H46O7. The monoisotopic (exact) mass is 494 g/mol. The maximum atomic E-state index is 13.1. The zero-order valence-electron chi connectivity index (χ0n) is 22.4. The average molecular weight is 495 g/mol. The maximum absolute atomic E-state index is 13.1. The summed E-state index contributed by atoms with van der Waals surface area (Å²) in [7, 11) is 0. The summed E-state index contributed by atoms with van der Waals surface area (Å²) in [5, 5.41) is 35.1. The molecule has 4 saturated carbocycles. The lowest BCUT2D eigenvalue weighted by atomic mass is 9.42. The molecule has 0 spiro atoms. The summed E-state index contributed by atoms with van der Waals surface area (Å²) in [5.41, 5.74) is -4.04. The molecule has 0 unspecified atom stereocenters. The van der Waals surface area contributed by atoms with Gasteiger partial charge in [-0.3, -0.25) is 9.59 Å². The van der Waals surface area contributed by atoms with E-state index in [4.69, 9.17) is 9.47 Å². The predicted molar refractivity (Wildman–Crippen MR) is 130 cm³/mol. The lowest BCUT2D eigenvalue weighted by Gasteiger charge is -2.66. The van der Waals surface area contributed by atoms with Crippen LogP contribution in [-0.2, 0) is 19.1 Å². The first-order valence-corrected chi connectivity index (χ1v) is 13.7. The van der Waals surface area contributed by atoms with Gasteiger partial charge < -0.3 is 24.8 Å². The van der Waals surface area contributed by atoms with E-state index in [9.17, 15) is 24.9 Å². The second-order valence-corrected chi connectivity index (χ2v) is 12.7. The Kier molecular flexibility index (Phi) is 6.90. The molecule has 0 amide bonds. The number of rotatable bonds is 5. The van der Waals surface area contributed by atoms with Gasteiger partial charge in [0.15, 0.2) is 0 Å². The van der Waals surface area contributed by atoms with Gasteiger partial charge in [-0.1, -0.05) is 27.7 Å². The Balaban J connectivity index is 1.79. The summed E-state index contributed by atoms with van der Waals surface area (Å²) in [4.78, 5) is 24.9. The molecule has 0 aromatic carbocycles. The number of hydrogen-bond donors (Lipinski definition) is 3. The molecule has 4 fully saturated rings. The molecule has 7 heteroatoms. The van der Waals surface area contributed by atoms with E-state index in [1.807, 2.05) is 20.8 Å². The van der Waals surface area contributed by atoms with E-state index >= 15 is 0 Å². The minimum absolute atomic E-state index is 0.0545.